The van der Waals surface area contributed by atoms with E-state index in [0.29, 0.717) is 40.3 Å². The molecule has 1 aliphatic carbocycles. The number of benzene rings is 1. The molecule has 1 saturated carbocycles. The molecule has 6 nitrogen and oxygen atoms in total. The van der Waals surface area contributed by atoms with Crippen molar-refractivity contribution in [3.05, 3.63) is 56.8 Å². The highest BCUT2D eigenvalue weighted by Gasteiger charge is 2.30. The number of piperidine rings is 1. The van der Waals surface area contributed by atoms with E-state index in [4.69, 9.17) is 27.9 Å². The summed E-state index contributed by atoms with van der Waals surface area (Å²) >= 11 is 12.2. The molecule has 0 bridgehead atoms. The molecule has 4 rings (SSSR count). The van der Waals surface area contributed by atoms with Gasteiger partial charge in [-0.1, -0.05) is 42.1 Å². The number of methoxy groups -OCH3 is 1. The first-order valence-corrected chi connectivity index (χ1v) is 12.5. The summed E-state index contributed by atoms with van der Waals surface area (Å²) in [6, 6.07) is 6.41. The molecule has 2 aliphatic rings. The van der Waals surface area contributed by atoms with Gasteiger partial charge in [-0.15, -0.1) is 5.10 Å². The summed E-state index contributed by atoms with van der Waals surface area (Å²) in [7, 11) is 1.81. The fourth-order valence-electron chi connectivity index (χ4n) is 5.00. The molecule has 2 fully saturated rings. The number of ether oxygens (including phenoxy) is 1. The highest BCUT2D eigenvalue weighted by molar-refractivity contribution is 6.42. The zero-order chi connectivity index (χ0) is 23.4. The Balaban J connectivity index is 1.37. The molecular weight excluding hydrogens is 459 g/mol. The lowest BCUT2D eigenvalue weighted by Crippen LogP contribution is -2.52. The van der Waals surface area contributed by atoms with Gasteiger partial charge >= 0.3 is 0 Å². The maximum atomic E-state index is 13.3. The van der Waals surface area contributed by atoms with Crippen molar-refractivity contribution in [1.29, 1.82) is 0 Å². The van der Waals surface area contributed by atoms with Crippen LogP contribution in [0.1, 0.15) is 65.7 Å². The van der Waals surface area contributed by atoms with E-state index >= 15 is 0 Å². The van der Waals surface area contributed by atoms with Crippen molar-refractivity contribution in [2.45, 2.75) is 70.1 Å². The van der Waals surface area contributed by atoms with Gasteiger partial charge in [-0.2, -0.15) is 5.10 Å². The van der Waals surface area contributed by atoms with Crippen LogP contribution in [0.5, 0.6) is 0 Å². The number of nitrogens with zero attached hydrogens (tertiary/aromatic N) is 3. The van der Waals surface area contributed by atoms with Crippen molar-refractivity contribution in [2.75, 3.05) is 20.2 Å². The third-order valence-corrected chi connectivity index (χ3v) is 7.77. The van der Waals surface area contributed by atoms with Crippen molar-refractivity contribution in [1.82, 2.24) is 20.4 Å². The minimum Gasteiger partial charge on any atom is -0.380 e. The van der Waals surface area contributed by atoms with Gasteiger partial charge in [0.05, 0.1) is 22.3 Å². The van der Waals surface area contributed by atoms with Gasteiger partial charge < -0.3 is 15.0 Å². The van der Waals surface area contributed by atoms with E-state index in [2.05, 4.69) is 15.5 Å². The average molecular weight is 491 g/mol. The van der Waals surface area contributed by atoms with Crippen LogP contribution in [0.4, 0.5) is 0 Å². The zero-order valence-electron chi connectivity index (χ0n) is 19.3. The minimum atomic E-state index is -0.0399. The Morgan fingerprint density at radius 3 is 2.64 bits per heavy atom. The van der Waals surface area contributed by atoms with Crippen LogP contribution in [-0.2, 0) is 11.2 Å². The monoisotopic (exact) mass is 490 g/mol. The standard InChI is InChI=1S/C25H32Cl2N4O2/c1-16-18(13-17-7-8-20(26)21(27)14-17)15-28-30-24(16)25(32)31-11-9-19(10-12-31)29-22-5-3-4-6-23(22)33-2/h7-8,14-15,19,22-23,29H,3-6,9-13H2,1-2H3/t22-,23+/m0/s1. The molecule has 33 heavy (non-hydrogen) atoms. The lowest BCUT2D eigenvalue weighted by Gasteiger charge is -2.38. The summed E-state index contributed by atoms with van der Waals surface area (Å²) in [5.74, 6) is -0.0399. The van der Waals surface area contributed by atoms with Gasteiger partial charge in [0.2, 0.25) is 0 Å². The number of halogens is 2. The number of aromatic nitrogens is 2. The van der Waals surface area contributed by atoms with Gasteiger partial charge in [-0.05, 0) is 67.9 Å². The van der Waals surface area contributed by atoms with Gasteiger partial charge in [-0.25, -0.2) is 0 Å². The second-order valence-corrected chi connectivity index (χ2v) is 9.98. The molecule has 2 aromatic rings. The number of hydrogen-bond donors (Lipinski definition) is 1. The van der Waals surface area contributed by atoms with Crippen LogP contribution in [0.15, 0.2) is 24.4 Å². The molecule has 178 valence electrons. The third kappa shape index (κ3) is 5.86. The van der Waals surface area contributed by atoms with E-state index < -0.39 is 0 Å². The molecule has 0 unspecified atom stereocenters. The predicted octanol–water partition coefficient (Wildman–Crippen LogP) is 4.83. The van der Waals surface area contributed by atoms with Gasteiger partial charge in [-0.3, -0.25) is 4.79 Å². The van der Waals surface area contributed by atoms with Crippen molar-refractivity contribution in [2.24, 2.45) is 0 Å². The summed E-state index contributed by atoms with van der Waals surface area (Å²) in [5, 5.41) is 13.2. The van der Waals surface area contributed by atoms with E-state index in [1.807, 2.05) is 31.1 Å². The van der Waals surface area contributed by atoms with Crippen LogP contribution in [0.25, 0.3) is 0 Å². The lowest BCUT2D eigenvalue weighted by atomic mass is 9.90. The van der Waals surface area contributed by atoms with Crippen molar-refractivity contribution >= 4 is 29.1 Å². The Morgan fingerprint density at radius 2 is 1.91 bits per heavy atom. The van der Waals surface area contributed by atoms with Crippen LogP contribution < -0.4 is 5.32 Å². The highest BCUT2D eigenvalue weighted by Crippen LogP contribution is 2.26. The smallest absolute Gasteiger partial charge is 0.274 e. The number of likely N-dealkylation sites (tertiary alicyclic amines) is 1. The van der Waals surface area contributed by atoms with Crippen molar-refractivity contribution in [3.63, 3.8) is 0 Å². The Morgan fingerprint density at radius 1 is 1.15 bits per heavy atom. The summed E-state index contributed by atoms with van der Waals surface area (Å²) in [6.07, 6.45) is 9.31. The molecule has 0 spiro atoms. The number of rotatable bonds is 6. The van der Waals surface area contributed by atoms with E-state index in [-0.39, 0.29) is 5.91 Å². The van der Waals surface area contributed by atoms with Crippen molar-refractivity contribution < 1.29 is 9.53 Å². The van der Waals surface area contributed by atoms with Crippen LogP contribution in [0.2, 0.25) is 10.0 Å². The molecule has 1 saturated heterocycles. The summed E-state index contributed by atoms with van der Waals surface area (Å²) in [4.78, 5) is 15.2. The molecule has 2 atom stereocenters. The molecule has 1 aliphatic heterocycles. The lowest BCUT2D eigenvalue weighted by molar-refractivity contribution is 0.0329. The van der Waals surface area contributed by atoms with E-state index in [1.54, 1.807) is 12.3 Å². The zero-order valence-corrected chi connectivity index (χ0v) is 20.8. The van der Waals surface area contributed by atoms with E-state index in [0.717, 1.165) is 55.5 Å². The second-order valence-electron chi connectivity index (χ2n) is 9.17. The summed E-state index contributed by atoms with van der Waals surface area (Å²) in [6.45, 7) is 3.38. The van der Waals surface area contributed by atoms with Crippen LogP contribution in [0, 0.1) is 6.92 Å². The Bertz CT molecular complexity index is 979. The summed E-state index contributed by atoms with van der Waals surface area (Å²) in [5.41, 5.74) is 3.28. The van der Waals surface area contributed by atoms with Crippen molar-refractivity contribution in [3.8, 4) is 0 Å². The third-order valence-electron chi connectivity index (χ3n) is 7.03. The van der Waals surface area contributed by atoms with Gasteiger partial charge in [0.1, 0.15) is 0 Å². The fourth-order valence-corrected chi connectivity index (χ4v) is 5.32. The molecular formula is C25H32Cl2N4O2. The Hall–Kier alpha value is -1.73. The number of hydrogen-bond acceptors (Lipinski definition) is 5. The molecule has 8 heteroatoms. The largest absolute Gasteiger partial charge is 0.380 e. The maximum Gasteiger partial charge on any atom is 0.274 e. The average Bonchev–Trinajstić information content (AvgIpc) is 2.83. The number of carbonyl (C=O) groups excluding carboxylic acids is 1. The Labute approximate surface area is 206 Å². The molecule has 1 aromatic heterocycles. The SMILES string of the molecule is CO[C@@H]1CCCC[C@@H]1NC1CCN(C(=O)c2nncc(Cc3ccc(Cl)c(Cl)c3)c2C)CC1. The highest BCUT2D eigenvalue weighted by atomic mass is 35.5. The van der Waals surface area contributed by atoms with Gasteiger partial charge in [0.15, 0.2) is 5.69 Å². The predicted molar refractivity (Wildman–Crippen MR) is 131 cm³/mol. The minimum absolute atomic E-state index is 0.0399. The number of carbonyl (C=O) groups is 1. The first-order chi connectivity index (χ1) is 16.0. The van der Waals surface area contributed by atoms with E-state index in [9.17, 15) is 4.79 Å². The second kappa shape index (κ2) is 11.1. The normalized spacial score (nSPS) is 21.9. The number of amides is 1. The quantitative estimate of drug-likeness (QED) is 0.627. The molecule has 1 amide bonds. The van der Waals surface area contributed by atoms with Crippen LogP contribution in [0.3, 0.4) is 0 Å². The maximum absolute atomic E-state index is 13.3. The summed E-state index contributed by atoms with van der Waals surface area (Å²) < 4.78 is 5.69. The number of nitrogens with one attached hydrogen (secondary N) is 1. The molecule has 1 N–H and O–H groups in total. The van der Waals surface area contributed by atoms with Gasteiger partial charge in [0.25, 0.3) is 5.91 Å². The fraction of sp³-hybridized carbons (Fsp3) is 0.560. The van der Waals surface area contributed by atoms with Gasteiger partial charge in [0, 0.05) is 32.3 Å². The topological polar surface area (TPSA) is 67.3 Å². The molecule has 2 heterocycles. The first-order valence-electron chi connectivity index (χ1n) is 11.8. The van der Waals surface area contributed by atoms with E-state index in [1.165, 1.54) is 12.8 Å². The van der Waals surface area contributed by atoms with Crippen LogP contribution >= 0.6 is 23.2 Å². The molecule has 0 radical (unpaired) electrons. The first kappa shape index (κ1) is 24.4. The molecule has 1 aromatic carbocycles. The Kier molecular flexibility index (Phi) is 8.23. The van der Waals surface area contributed by atoms with Crippen LogP contribution in [-0.4, -0.2) is 59.4 Å².